The molecule has 1 atom stereocenters. The number of nitrogens with zero attached hydrogens (tertiary/aromatic N) is 3. The first-order valence-electron chi connectivity index (χ1n) is 7.86. The number of fused-ring (bicyclic) bond motifs is 3. The van der Waals surface area contributed by atoms with Crippen molar-refractivity contribution in [3.8, 4) is 17.1 Å². The topological polar surface area (TPSA) is 38.2 Å². The molecule has 120 valence electrons. The highest BCUT2D eigenvalue weighted by atomic mass is 19.2. The summed E-state index contributed by atoms with van der Waals surface area (Å²) in [6, 6.07) is 4.35. The van der Waals surface area contributed by atoms with Crippen molar-refractivity contribution >= 4 is 0 Å². The molecule has 3 aliphatic heterocycles. The Morgan fingerprint density at radius 3 is 2.48 bits per heavy atom. The van der Waals surface area contributed by atoms with Gasteiger partial charge in [-0.2, -0.15) is 0 Å². The first kappa shape index (κ1) is 14.5. The van der Waals surface area contributed by atoms with Gasteiger partial charge in [-0.25, -0.2) is 18.7 Å². The maximum Gasteiger partial charge on any atom is 0.316 e. The molecule has 4 heterocycles. The Bertz CT molecular complexity index is 699. The molecule has 0 spiro atoms. The van der Waals surface area contributed by atoms with Gasteiger partial charge in [-0.3, -0.25) is 4.90 Å². The molecule has 3 saturated heterocycles. The summed E-state index contributed by atoms with van der Waals surface area (Å²) in [6.45, 7) is 3.20. The number of hydrogen-bond acceptors (Lipinski definition) is 4. The lowest BCUT2D eigenvalue weighted by atomic mass is 9.86. The third kappa shape index (κ3) is 2.79. The monoisotopic (exact) mass is 317 g/mol. The quantitative estimate of drug-likeness (QED) is 0.872. The molecule has 6 heteroatoms. The van der Waals surface area contributed by atoms with E-state index >= 15 is 0 Å². The molecule has 4 nitrogen and oxygen atoms in total. The Labute approximate surface area is 133 Å². The van der Waals surface area contributed by atoms with Crippen molar-refractivity contribution < 1.29 is 13.5 Å². The Hall–Kier alpha value is -2.08. The van der Waals surface area contributed by atoms with Gasteiger partial charge in [-0.1, -0.05) is 12.1 Å². The molecule has 1 aromatic heterocycles. The van der Waals surface area contributed by atoms with Crippen LogP contribution in [0.15, 0.2) is 30.6 Å². The molecular formula is C17H17F2N3O. The summed E-state index contributed by atoms with van der Waals surface area (Å²) in [5.41, 5.74) is 0.586. The first-order valence-corrected chi connectivity index (χ1v) is 7.86. The predicted molar refractivity (Wildman–Crippen MR) is 81.0 cm³/mol. The van der Waals surface area contributed by atoms with Gasteiger partial charge in [0.1, 0.15) is 6.10 Å². The van der Waals surface area contributed by atoms with E-state index in [1.807, 2.05) is 0 Å². The van der Waals surface area contributed by atoms with Crippen LogP contribution in [0.1, 0.15) is 12.8 Å². The van der Waals surface area contributed by atoms with Crippen molar-refractivity contribution in [2.24, 2.45) is 5.92 Å². The van der Waals surface area contributed by atoms with Crippen molar-refractivity contribution in [3.63, 3.8) is 0 Å². The largest absolute Gasteiger partial charge is 0.458 e. The molecule has 0 aliphatic carbocycles. The summed E-state index contributed by atoms with van der Waals surface area (Å²) in [6.07, 6.45) is 5.37. The number of benzene rings is 1. The molecule has 0 radical (unpaired) electrons. The van der Waals surface area contributed by atoms with E-state index in [1.165, 1.54) is 24.5 Å². The molecule has 2 aromatic rings. The fourth-order valence-corrected chi connectivity index (χ4v) is 3.42. The molecular weight excluding hydrogens is 300 g/mol. The van der Waals surface area contributed by atoms with Crippen molar-refractivity contribution in [1.29, 1.82) is 0 Å². The van der Waals surface area contributed by atoms with Crippen LogP contribution >= 0.6 is 0 Å². The third-order valence-corrected chi connectivity index (χ3v) is 4.74. The lowest BCUT2D eigenvalue weighted by Gasteiger charge is -2.43. The normalized spacial score (nSPS) is 26.3. The Kier molecular flexibility index (Phi) is 3.69. The average Bonchev–Trinajstić information content (AvgIpc) is 2.59. The van der Waals surface area contributed by atoms with E-state index in [0.29, 0.717) is 17.5 Å². The minimum Gasteiger partial charge on any atom is -0.458 e. The number of rotatable bonds is 3. The molecule has 0 N–H and O–H groups in total. The second-order valence-electron chi connectivity index (χ2n) is 6.15. The van der Waals surface area contributed by atoms with E-state index in [1.54, 1.807) is 0 Å². The van der Waals surface area contributed by atoms with Gasteiger partial charge in [-0.05, 0) is 37.9 Å². The van der Waals surface area contributed by atoms with Crippen LogP contribution in [0.25, 0.3) is 11.1 Å². The number of ether oxygens (including phenoxy) is 1. The Morgan fingerprint density at radius 1 is 1.09 bits per heavy atom. The predicted octanol–water partition coefficient (Wildman–Crippen LogP) is 2.89. The Morgan fingerprint density at radius 2 is 1.83 bits per heavy atom. The lowest BCUT2D eigenvalue weighted by molar-refractivity contribution is -0.0123. The summed E-state index contributed by atoms with van der Waals surface area (Å²) in [7, 11) is 0. The van der Waals surface area contributed by atoms with Crippen molar-refractivity contribution in [1.82, 2.24) is 14.9 Å². The zero-order valence-electron chi connectivity index (χ0n) is 12.6. The van der Waals surface area contributed by atoms with Gasteiger partial charge < -0.3 is 4.74 Å². The van der Waals surface area contributed by atoms with Gasteiger partial charge >= 0.3 is 6.01 Å². The van der Waals surface area contributed by atoms with Crippen LogP contribution in [0.5, 0.6) is 6.01 Å². The van der Waals surface area contributed by atoms with Gasteiger partial charge in [0, 0.05) is 30.1 Å². The summed E-state index contributed by atoms with van der Waals surface area (Å²) in [5.74, 6) is -1.21. The summed E-state index contributed by atoms with van der Waals surface area (Å²) in [4.78, 5) is 10.7. The Balaban J connectivity index is 1.51. The fraction of sp³-hybridized carbons (Fsp3) is 0.412. The van der Waals surface area contributed by atoms with Crippen LogP contribution in [-0.4, -0.2) is 40.6 Å². The van der Waals surface area contributed by atoms with Gasteiger partial charge in [0.2, 0.25) is 0 Å². The summed E-state index contributed by atoms with van der Waals surface area (Å²) in [5, 5.41) is 0. The number of hydrogen-bond donors (Lipinski definition) is 0. The van der Waals surface area contributed by atoms with E-state index in [9.17, 15) is 8.78 Å². The van der Waals surface area contributed by atoms with Gasteiger partial charge in [-0.15, -0.1) is 0 Å². The zero-order chi connectivity index (χ0) is 15.8. The second kappa shape index (κ2) is 5.85. The smallest absolute Gasteiger partial charge is 0.316 e. The van der Waals surface area contributed by atoms with Crippen LogP contribution in [0.4, 0.5) is 8.78 Å². The van der Waals surface area contributed by atoms with Gasteiger partial charge in [0.25, 0.3) is 0 Å². The standard InChI is InChI=1S/C17H17F2N3O/c18-14-3-1-2-13(16(14)19)12-8-20-17(21-9-12)23-15-10-22-6-4-11(15)5-7-22/h1-3,8-9,11,15H,4-7,10H2. The van der Waals surface area contributed by atoms with Crippen molar-refractivity contribution in [2.75, 3.05) is 19.6 Å². The summed E-state index contributed by atoms with van der Waals surface area (Å²) >= 11 is 0. The van der Waals surface area contributed by atoms with E-state index in [0.717, 1.165) is 38.5 Å². The van der Waals surface area contributed by atoms with E-state index < -0.39 is 11.6 Å². The molecule has 3 fully saturated rings. The zero-order valence-corrected chi connectivity index (χ0v) is 12.6. The molecule has 0 saturated carbocycles. The maximum absolute atomic E-state index is 13.8. The number of aromatic nitrogens is 2. The van der Waals surface area contributed by atoms with E-state index in [4.69, 9.17) is 4.74 Å². The molecule has 23 heavy (non-hydrogen) atoms. The maximum atomic E-state index is 13.8. The molecule has 5 rings (SSSR count). The SMILES string of the molecule is Fc1cccc(-c2cnc(OC3CN4CCC3CC4)nc2)c1F. The second-order valence-corrected chi connectivity index (χ2v) is 6.15. The lowest BCUT2D eigenvalue weighted by Crippen LogP contribution is -2.52. The average molecular weight is 317 g/mol. The van der Waals surface area contributed by atoms with Crippen molar-refractivity contribution in [3.05, 3.63) is 42.2 Å². The fourth-order valence-electron chi connectivity index (χ4n) is 3.42. The molecule has 1 aromatic carbocycles. The minimum absolute atomic E-state index is 0.120. The highest BCUT2D eigenvalue weighted by Crippen LogP contribution is 2.30. The van der Waals surface area contributed by atoms with E-state index in [2.05, 4.69) is 14.9 Å². The van der Waals surface area contributed by atoms with Crippen LogP contribution < -0.4 is 4.74 Å². The minimum atomic E-state index is -0.887. The number of halogens is 2. The van der Waals surface area contributed by atoms with Crippen LogP contribution in [0, 0.1) is 17.6 Å². The molecule has 0 amide bonds. The highest BCUT2D eigenvalue weighted by Gasteiger charge is 2.35. The highest BCUT2D eigenvalue weighted by molar-refractivity contribution is 5.62. The van der Waals surface area contributed by atoms with E-state index in [-0.39, 0.29) is 11.7 Å². The van der Waals surface area contributed by atoms with Crippen LogP contribution in [0.3, 0.4) is 0 Å². The molecule has 1 unspecified atom stereocenters. The molecule has 3 aliphatic rings. The first-order chi connectivity index (χ1) is 11.2. The molecule has 2 bridgehead atoms. The van der Waals surface area contributed by atoms with Crippen molar-refractivity contribution in [2.45, 2.75) is 18.9 Å². The number of piperidine rings is 3. The van der Waals surface area contributed by atoms with Gasteiger partial charge in [0.05, 0.1) is 0 Å². The van der Waals surface area contributed by atoms with Gasteiger partial charge in [0.15, 0.2) is 11.6 Å². The van der Waals surface area contributed by atoms with Crippen LogP contribution in [-0.2, 0) is 0 Å². The van der Waals surface area contributed by atoms with Crippen LogP contribution in [0.2, 0.25) is 0 Å². The summed E-state index contributed by atoms with van der Waals surface area (Å²) < 4.78 is 33.0. The third-order valence-electron chi connectivity index (χ3n) is 4.74.